The number of nitrogens with one attached hydrogen (secondary N) is 1. The van der Waals surface area contributed by atoms with Crippen molar-refractivity contribution in [2.45, 2.75) is 31.3 Å². The fraction of sp³-hybridized carbons (Fsp3) is 0.294. The summed E-state index contributed by atoms with van der Waals surface area (Å²) in [4.78, 5) is 16.1. The molecule has 2 rings (SSSR count). The topological polar surface area (TPSA) is 120 Å². The fourth-order valence-electron chi connectivity index (χ4n) is 2.59. The summed E-state index contributed by atoms with van der Waals surface area (Å²) in [7, 11) is -4.09. The Labute approximate surface area is 164 Å². The summed E-state index contributed by atoms with van der Waals surface area (Å²) in [5, 5.41) is 18.5. The Morgan fingerprint density at radius 2 is 1.85 bits per heavy atom. The van der Waals surface area contributed by atoms with E-state index in [0.717, 1.165) is 4.31 Å². The van der Waals surface area contributed by atoms with E-state index in [0.29, 0.717) is 5.56 Å². The lowest BCUT2D eigenvalue weighted by atomic mass is 10.0. The van der Waals surface area contributed by atoms with Crippen molar-refractivity contribution < 1.29 is 23.5 Å². The number of aromatic hydroxyl groups is 1. The average Bonchev–Trinajstić information content (AvgIpc) is 2.62. The lowest BCUT2D eigenvalue weighted by molar-refractivity contribution is -0.134. The van der Waals surface area contributed by atoms with Gasteiger partial charge in [-0.2, -0.15) is 4.31 Å². The van der Waals surface area contributed by atoms with E-state index in [1.54, 1.807) is 37.7 Å². The van der Waals surface area contributed by atoms with Crippen molar-refractivity contribution in [3.8, 4) is 5.75 Å². The predicted octanol–water partition coefficient (Wildman–Crippen LogP) is 1.93. The van der Waals surface area contributed by atoms with Gasteiger partial charge in [0.05, 0.1) is 4.90 Å². The zero-order valence-electron chi connectivity index (χ0n) is 14.8. The molecule has 148 valence electrons. The Morgan fingerprint density at radius 3 is 2.33 bits per heavy atom. The van der Waals surface area contributed by atoms with E-state index >= 15 is 0 Å². The SMILES string of the molecule is CC(C)[C@H](C(=O)NO)N(Cc1cccnc1)S(=O)(=O)c1ccc(O)cc1.Cl. The Morgan fingerprint density at radius 1 is 1.22 bits per heavy atom. The van der Waals surface area contributed by atoms with Crippen LogP contribution in [-0.4, -0.2) is 40.0 Å². The number of hydrogen-bond donors (Lipinski definition) is 3. The number of halogens is 1. The lowest BCUT2D eigenvalue weighted by Gasteiger charge is -2.31. The third-order valence-electron chi connectivity index (χ3n) is 3.83. The fourth-order valence-corrected chi connectivity index (χ4v) is 4.30. The van der Waals surface area contributed by atoms with Crippen LogP contribution in [0.15, 0.2) is 53.7 Å². The molecule has 8 nitrogen and oxygen atoms in total. The van der Waals surface area contributed by atoms with Crippen LogP contribution in [0.5, 0.6) is 5.75 Å². The number of carbonyl (C=O) groups excluding carboxylic acids is 1. The molecule has 1 heterocycles. The van der Waals surface area contributed by atoms with Gasteiger partial charge >= 0.3 is 0 Å². The second-order valence-electron chi connectivity index (χ2n) is 6.07. The van der Waals surface area contributed by atoms with Crippen LogP contribution in [-0.2, 0) is 21.4 Å². The number of phenols is 1. The average molecular weight is 416 g/mol. The second kappa shape index (κ2) is 9.65. The van der Waals surface area contributed by atoms with Crippen LogP contribution in [0, 0.1) is 5.92 Å². The summed E-state index contributed by atoms with van der Waals surface area (Å²) in [5.41, 5.74) is 2.13. The normalized spacial score (nSPS) is 12.5. The minimum atomic E-state index is -4.09. The van der Waals surface area contributed by atoms with Crippen LogP contribution in [0.1, 0.15) is 19.4 Å². The number of aromatic nitrogens is 1. The number of sulfonamides is 1. The van der Waals surface area contributed by atoms with E-state index in [9.17, 15) is 18.3 Å². The molecule has 0 saturated heterocycles. The molecule has 10 heteroatoms. The molecule has 2 aromatic rings. The van der Waals surface area contributed by atoms with Gasteiger partial charge < -0.3 is 5.11 Å². The number of nitrogens with zero attached hydrogens (tertiary/aromatic N) is 2. The predicted molar refractivity (Wildman–Crippen MR) is 101 cm³/mol. The zero-order valence-corrected chi connectivity index (χ0v) is 16.4. The molecular weight excluding hydrogens is 394 g/mol. The number of pyridine rings is 1. The quantitative estimate of drug-likeness (QED) is 0.469. The van der Waals surface area contributed by atoms with Gasteiger partial charge in [-0.15, -0.1) is 12.4 Å². The molecule has 1 aromatic carbocycles. The first kappa shape index (κ1) is 22.8. The van der Waals surface area contributed by atoms with Crippen LogP contribution in [0.4, 0.5) is 0 Å². The van der Waals surface area contributed by atoms with Crippen molar-refractivity contribution in [3.63, 3.8) is 0 Å². The van der Waals surface area contributed by atoms with Crippen LogP contribution >= 0.6 is 12.4 Å². The molecule has 0 spiro atoms. The number of phenolic OH excluding ortho intramolecular Hbond substituents is 1. The highest BCUT2D eigenvalue weighted by atomic mass is 35.5. The number of rotatable bonds is 7. The molecule has 1 atom stereocenters. The highest BCUT2D eigenvalue weighted by molar-refractivity contribution is 7.89. The number of hydroxylamine groups is 1. The summed E-state index contributed by atoms with van der Waals surface area (Å²) in [6, 6.07) is 7.25. The van der Waals surface area contributed by atoms with Crippen molar-refractivity contribution in [2.24, 2.45) is 5.92 Å². The molecule has 3 N–H and O–H groups in total. The van der Waals surface area contributed by atoms with Crippen LogP contribution in [0.25, 0.3) is 0 Å². The summed E-state index contributed by atoms with van der Waals surface area (Å²) in [6.45, 7) is 3.26. The first-order valence-corrected chi connectivity index (χ1v) is 9.35. The van der Waals surface area contributed by atoms with Gasteiger partial charge in [-0.25, -0.2) is 13.9 Å². The first-order chi connectivity index (χ1) is 12.3. The maximum Gasteiger partial charge on any atom is 0.262 e. The molecule has 0 saturated carbocycles. The summed E-state index contributed by atoms with van der Waals surface area (Å²) in [6.07, 6.45) is 3.07. The largest absolute Gasteiger partial charge is 0.508 e. The smallest absolute Gasteiger partial charge is 0.262 e. The number of benzene rings is 1. The Balaban J connectivity index is 0.00000364. The molecular formula is C17H22ClN3O5S. The van der Waals surface area contributed by atoms with E-state index in [-0.39, 0.29) is 29.6 Å². The molecule has 1 amide bonds. The van der Waals surface area contributed by atoms with E-state index in [2.05, 4.69) is 4.98 Å². The highest BCUT2D eigenvalue weighted by Gasteiger charge is 2.38. The van der Waals surface area contributed by atoms with E-state index in [4.69, 9.17) is 5.21 Å². The molecule has 0 unspecified atom stereocenters. The van der Waals surface area contributed by atoms with Gasteiger partial charge in [0.15, 0.2) is 0 Å². The summed E-state index contributed by atoms with van der Waals surface area (Å²) in [5.74, 6) is -1.31. The monoisotopic (exact) mass is 415 g/mol. The first-order valence-electron chi connectivity index (χ1n) is 7.91. The van der Waals surface area contributed by atoms with Crippen LogP contribution in [0.3, 0.4) is 0 Å². The molecule has 0 aliphatic rings. The zero-order chi connectivity index (χ0) is 19.3. The van der Waals surface area contributed by atoms with E-state index < -0.39 is 27.9 Å². The van der Waals surface area contributed by atoms with Crippen molar-refractivity contribution in [1.29, 1.82) is 0 Å². The van der Waals surface area contributed by atoms with Crippen molar-refractivity contribution in [1.82, 2.24) is 14.8 Å². The molecule has 0 fully saturated rings. The molecule has 0 aliphatic carbocycles. The summed E-state index contributed by atoms with van der Waals surface area (Å²) >= 11 is 0. The van der Waals surface area contributed by atoms with Gasteiger partial charge in [-0.05, 0) is 41.8 Å². The Hall–Kier alpha value is -2.20. The number of carbonyl (C=O) groups is 1. The van der Waals surface area contributed by atoms with Gasteiger partial charge in [0.2, 0.25) is 10.0 Å². The highest BCUT2D eigenvalue weighted by Crippen LogP contribution is 2.25. The summed E-state index contributed by atoms with van der Waals surface area (Å²) < 4.78 is 27.4. The van der Waals surface area contributed by atoms with Crippen molar-refractivity contribution in [3.05, 3.63) is 54.4 Å². The maximum atomic E-state index is 13.2. The molecule has 0 aliphatic heterocycles. The second-order valence-corrected chi connectivity index (χ2v) is 7.96. The molecule has 0 radical (unpaired) electrons. The lowest BCUT2D eigenvalue weighted by Crippen LogP contribution is -2.51. The number of hydrogen-bond acceptors (Lipinski definition) is 6. The van der Waals surface area contributed by atoms with Crippen molar-refractivity contribution in [2.75, 3.05) is 0 Å². The van der Waals surface area contributed by atoms with Gasteiger partial charge in [0.1, 0.15) is 11.8 Å². The third-order valence-corrected chi connectivity index (χ3v) is 5.67. The van der Waals surface area contributed by atoms with Gasteiger partial charge in [0, 0.05) is 18.9 Å². The van der Waals surface area contributed by atoms with E-state index in [1.165, 1.54) is 30.5 Å². The van der Waals surface area contributed by atoms with Gasteiger partial charge in [0.25, 0.3) is 5.91 Å². The maximum absolute atomic E-state index is 13.2. The Kier molecular flexibility index (Phi) is 8.17. The Bertz CT molecular complexity index is 845. The molecule has 27 heavy (non-hydrogen) atoms. The number of amides is 1. The van der Waals surface area contributed by atoms with Crippen LogP contribution in [0.2, 0.25) is 0 Å². The standard InChI is InChI=1S/C17H21N3O5S.ClH/c1-12(2)16(17(22)19-23)20(11-13-4-3-9-18-10-13)26(24,25)15-7-5-14(21)6-8-15;/h3-10,12,16,21,23H,11H2,1-2H3,(H,19,22);1H/t16-;/m1./s1. The van der Waals surface area contributed by atoms with Gasteiger partial charge in [-0.3, -0.25) is 15.0 Å². The molecule has 1 aromatic heterocycles. The van der Waals surface area contributed by atoms with E-state index in [1.807, 2.05) is 0 Å². The molecule has 0 bridgehead atoms. The third kappa shape index (κ3) is 5.39. The van der Waals surface area contributed by atoms with Gasteiger partial charge in [-0.1, -0.05) is 19.9 Å². The van der Waals surface area contributed by atoms with Crippen molar-refractivity contribution >= 4 is 28.3 Å². The minimum Gasteiger partial charge on any atom is -0.508 e. The van der Waals surface area contributed by atoms with Crippen LogP contribution < -0.4 is 5.48 Å². The minimum absolute atomic E-state index is 0.